The normalized spacial score (nSPS) is 10.6. The molecule has 1 amide bonds. The van der Waals surface area contributed by atoms with Crippen LogP contribution in [0.1, 0.15) is 17.3 Å². The standard InChI is InChI=1S/C23H19N3O2S2/c1-2-28-17-10-5-9-16(13-17)21(27)25-22(29)26-23-24-20(14-30-23)19-12-6-8-15-7-3-4-11-18(15)19/h3-14H,2H2,1H3,(H2,24,25,26,27,29). The molecule has 3 aromatic carbocycles. The van der Waals surface area contributed by atoms with E-state index in [1.54, 1.807) is 24.3 Å². The Labute approximate surface area is 183 Å². The number of anilines is 1. The van der Waals surface area contributed by atoms with Gasteiger partial charge < -0.3 is 10.1 Å². The molecule has 0 aliphatic rings. The fourth-order valence-electron chi connectivity index (χ4n) is 3.10. The highest BCUT2D eigenvalue weighted by atomic mass is 32.1. The Kier molecular flexibility index (Phi) is 6.02. The van der Waals surface area contributed by atoms with E-state index in [2.05, 4.69) is 33.8 Å². The average molecular weight is 434 g/mol. The molecule has 4 aromatic rings. The number of thiocarbonyl (C=S) groups is 1. The lowest BCUT2D eigenvalue weighted by Crippen LogP contribution is -2.34. The van der Waals surface area contributed by atoms with Crippen molar-refractivity contribution in [2.24, 2.45) is 0 Å². The summed E-state index contributed by atoms with van der Waals surface area (Å²) in [7, 11) is 0. The van der Waals surface area contributed by atoms with Gasteiger partial charge in [0.2, 0.25) is 0 Å². The maximum atomic E-state index is 12.5. The van der Waals surface area contributed by atoms with Gasteiger partial charge >= 0.3 is 0 Å². The molecule has 0 radical (unpaired) electrons. The minimum atomic E-state index is -0.306. The Morgan fingerprint density at radius 3 is 2.77 bits per heavy atom. The van der Waals surface area contributed by atoms with Gasteiger partial charge in [-0.15, -0.1) is 11.3 Å². The van der Waals surface area contributed by atoms with Gasteiger partial charge in [0, 0.05) is 16.5 Å². The minimum Gasteiger partial charge on any atom is -0.494 e. The van der Waals surface area contributed by atoms with E-state index < -0.39 is 0 Å². The SMILES string of the molecule is CCOc1cccc(C(=O)NC(=S)Nc2nc(-c3cccc4ccccc34)cs2)c1. The van der Waals surface area contributed by atoms with Crippen molar-refractivity contribution in [1.29, 1.82) is 0 Å². The van der Waals surface area contributed by atoms with E-state index in [0.717, 1.165) is 22.0 Å². The van der Waals surface area contributed by atoms with Gasteiger partial charge in [-0.3, -0.25) is 10.1 Å². The van der Waals surface area contributed by atoms with Crippen LogP contribution in [-0.2, 0) is 0 Å². The first kappa shape index (κ1) is 20.0. The van der Waals surface area contributed by atoms with E-state index in [1.165, 1.54) is 11.3 Å². The van der Waals surface area contributed by atoms with Crippen molar-refractivity contribution in [2.45, 2.75) is 6.92 Å². The van der Waals surface area contributed by atoms with Crippen LogP contribution < -0.4 is 15.4 Å². The molecule has 1 aromatic heterocycles. The first-order chi connectivity index (χ1) is 14.6. The maximum Gasteiger partial charge on any atom is 0.257 e. The van der Waals surface area contributed by atoms with Crippen LogP contribution in [0, 0.1) is 0 Å². The van der Waals surface area contributed by atoms with Crippen LogP contribution in [0.15, 0.2) is 72.1 Å². The molecule has 30 heavy (non-hydrogen) atoms. The van der Waals surface area contributed by atoms with Gasteiger partial charge in [-0.05, 0) is 48.1 Å². The van der Waals surface area contributed by atoms with Crippen molar-refractivity contribution in [3.63, 3.8) is 0 Å². The number of ether oxygens (including phenoxy) is 1. The molecule has 0 bridgehead atoms. The Balaban J connectivity index is 1.45. The summed E-state index contributed by atoms with van der Waals surface area (Å²) in [5.74, 6) is 0.337. The lowest BCUT2D eigenvalue weighted by atomic mass is 10.0. The van der Waals surface area contributed by atoms with Crippen LogP contribution >= 0.6 is 23.6 Å². The van der Waals surface area contributed by atoms with E-state index in [0.29, 0.717) is 23.1 Å². The largest absolute Gasteiger partial charge is 0.494 e. The molecule has 4 rings (SSSR count). The molecule has 2 N–H and O–H groups in total. The second kappa shape index (κ2) is 9.02. The molecule has 1 heterocycles. The Hall–Kier alpha value is -3.29. The second-order valence-electron chi connectivity index (χ2n) is 6.43. The topological polar surface area (TPSA) is 63.2 Å². The smallest absolute Gasteiger partial charge is 0.257 e. The first-order valence-corrected chi connectivity index (χ1v) is 10.7. The molecule has 0 fully saturated rings. The first-order valence-electron chi connectivity index (χ1n) is 9.43. The Bertz CT molecular complexity index is 1210. The summed E-state index contributed by atoms with van der Waals surface area (Å²) in [5.41, 5.74) is 2.39. The van der Waals surface area contributed by atoms with Gasteiger partial charge in [0.05, 0.1) is 12.3 Å². The van der Waals surface area contributed by atoms with Crippen LogP contribution in [0.2, 0.25) is 0 Å². The number of benzene rings is 3. The number of nitrogens with zero attached hydrogens (tertiary/aromatic N) is 1. The highest BCUT2D eigenvalue weighted by Gasteiger charge is 2.12. The molecular weight excluding hydrogens is 414 g/mol. The number of hydrogen-bond donors (Lipinski definition) is 2. The molecule has 7 heteroatoms. The van der Waals surface area contributed by atoms with Gasteiger partial charge in [-0.25, -0.2) is 4.98 Å². The number of rotatable bonds is 5. The predicted octanol–water partition coefficient (Wildman–Crippen LogP) is 5.49. The molecule has 0 aliphatic heterocycles. The third-order valence-electron chi connectivity index (χ3n) is 4.42. The minimum absolute atomic E-state index is 0.195. The van der Waals surface area contributed by atoms with Crippen LogP contribution in [0.3, 0.4) is 0 Å². The van der Waals surface area contributed by atoms with Crippen molar-refractivity contribution < 1.29 is 9.53 Å². The molecule has 5 nitrogen and oxygen atoms in total. The van der Waals surface area contributed by atoms with E-state index in [9.17, 15) is 4.79 Å². The fraction of sp³-hybridized carbons (Fsp3) is 0.0870. The summed E-state index contributed by atoms with van der Waals surface area (Å²) in [4.78, 5) is 17.1. The highest BCUT2D eigenvalue weighted by Crippen LogP contribution is 2.30. The number of amides is 1. The van der Waals surface area contributed by atoms with Crippen LogP contribution in [0.25, 0.3) is 22.0 Å². The number of nitrogens with one attached hydrogen (secondary N) is 2. The second-order valence-corrected chi connectivity index (χ2v) is 7.70. The van der Waals surface area contributed by atoms with Gasteiger partial charge in [-0.2, -0.15) is 0 Å². The number of fused-ring (bicyclic) bond motifs is 1. The molecule has 0 aliphatic carbocycles. The number of aromatic nitrogens is 1. The zero-order valence-electron chi connectivity index (χ0n) is 16.2. The molecule has 0 saturated heterocycles. The lowest BCUT2D eigenvalue weighted by molar-refractivity contribution is 0.0977. The van der Waals surface area contributed by atoms with Gasteiger partial charge in [0.1, 0.15) is 5.75 Å². The van der Waals surface area contributed by atoms with Gasteiger partial charge in [0.15, 0.2) is 10.2 Å². The molecule has 0 unspecified atom stereocenters. The molecular formula is C23H19N3O2S2. The van der Waals surface area contributed by atoms with E-state index in [1.807, 2.05) is 36.6 Å². The van der Waals surface area contributed by atoms with Crippen molar-refractivity contribution in [1.82, 2.24) is 10.3 Å². The zero-order valence-corrected chi connectivity index (χ0v) is 17.8. The monoisotopic (exact) mass is 433 g/mol. The maximum absolute atomic E-state index is 12.5. The quantitative estimate of drug-likeness (QED) is 0.408. The Morgan fingerprint density at radius 2 is 1.90 bits per heavy atom. The van der Waals surface area contributed by atoms with Crippen LogP contribution in [0.5, 0.6) is 5.75 Å². The van der Waals surface area contributed by atoms with Crippen molar-refractivity contribution in [3.05, 3.63) is 77.7 Å². The number of hydrogen-bond acceptors (Lipinski definition) is 5. The summed E-state index contributed by atoms with van der Waals surface area (Å²) in [6.45, 7) is 2.43. The number of carbonyl (C=O) groups is 1. The zero-order chi connectivity index (χ0) is 20.9. The van der Waals surface area contributed by atoms with Crippen molar-refractivity contribution >= 4 is 50.5 Å². The van der Waals surface area contributed by atoms with Gasteiger partial charge in [-0.1, -0.05) is 48.5 Å². The van der Waals surface area contributed by atoms with Crippen molar-refractivity contribution in [2.75, 3.05) is 11.9 Å². The number of carbonyl (C=O) groups excluding carboxylic acids is 1. The average Bonchev–Trinajstić information content (AvgIpc) is 3.21. The highest BCUT2D eigenvalue weighted by molar-refractivity contribution is 7.80. The van der Waals surface area contributed by atoms with Crippen molar-refractivity contribution in [3.8, 4) is 17.0 Å². The predicted molar refractivity (Wildman–Crippen MR) is 126 cm³/mol. The molecule has 0 atom stereocenters. The van der Waals surface area contributed by atoms with Crippen LogP contribution in [-0.4, -0.2) is 22.6 Å². The van der Waals surface area contributed by atoms with E-state index in [-0.39, 0.29) is 11.0 Å². The summed E-state index contributed by atoms with van der Waals surface area (Å²) in [6, 6.07) is 21.3. The molecule has 150 valence electrons. The van der Waals surface area contributed by atoms with Crippen LogP contribution in [0.4, 0.5) is 5.13 Å². The number of thiazole rings is 1. The Morgan fingerprint density at radius 1 is 1.10 bits per heavy atom. The summed E-state index contributed by atoms with van der Waals surface area (Å²) in [5, 5.41) is 10.8. The molecule has 0 saturated carbocycles. The molecule has 0 spiro atoms. The summed E-state index contributed by atoms with van der Waals surface area (Å²) >= 11 is 6.72. The summed E-state index contributed by atoms with van der Waals surface area (Å²) < 4.78 is 5.44. The van der Waals surface area contributed by atoms with E-state index in [4.69, 9.17) is 17.0 Å². The van der Waals surface area contributed by atoms with Gasteiger partial charge in [0.25, 0.3) is 5.91 Å². The lowest BCUT2D eigenvalue weighted by Gasteiger charge is -2.09. The van der Waals surface area contributed by atoms with E-state index >= 15 is 0 Å². The third kappa shape index (κ3) is 4.48. The fourth-order valence-corrected chi connectivity index (χ4v) is 4.07. The summed E-state index contributed by atoms with van der Waals surface area (Å²) in [6.07, 6.45) is 0. The third-order valence-corrected chi connectivity index (χ3v) is 5.39.